The first-order valence-electron chi connectivity index (χ1n) is 4.45. The molecule has 0 spiro atoms. The second-order valence-electron chi connectivity index (χ2n) is 2.89. The van der Waals surface area contributed by atoms with Gasteiger partial charge in [0.15, 0.2) is 5.82 Å². The zero-order valence-corrected chi connectivity index (χ0v) is 9.68. The summed E-state index contributed by atoms with van der Waals surface area (Å²) in [7, 11) is 0. The van der Waals surface area contributed by atoms with E-state index in [1.54, 1.807) is 24.4 Å². The number of hydrogen-bond acceptors (Lipinski definition) is 4. The second kappa shape index (κ2) is 4.80. The third-order valence-corrected chi connectivity index (χ3v) is 2.17. The standard InChI is InChI=1S/C10H7BrN4O/c11-8-5-14-9(6-13-8)15-10(16)7-3-1-2-4-12-7/h1-6H,(H,14,15,16). The van der Waals surface area contributed by atoms with Gasteiger partial charge in [-0.25, -0.2) is 9.97 Å². The molecule has 0 saturated carbocycles. The van der Waals surface area contributed by atoms with Gasteiger partial charge in [0.05, 0.1) is 12.4 Å². The van der Waals surface area contributed by atoms with Crippen LogP contribution in [-0.2, 0) is 0 Å². The van der Waals surface area contributed by atoms with Crippen LogP contribution in [0.4, 0.5) is 5.82 Å². The number of aromatic nitrogens is 3. The summed E-state index contributed by atoms with van der Waals surface area (Å²) in [4.78, 5) is 23.5. The van der Waals surface area contributed by atoms with Crippen LogP contribution >= 0.6 is 15.9 Å². The smallest absolute Gasteiger partial charge is 0.275 e. The van der Waals surface area contributed by atoms with Gasteiger partial charge in [-0.2, -0.15) is 0 Å². The average Bonchev–Trinajstić information content (AvgIpc) is 2.33. The molecule has 0 fully saturated rings. The predicted octanol–water partition coefficient (Wildman–Crippen LogP) is 1.89. The highest BCUT2D eigenvalue weighted by Crippen LogP contribution is 2.07. The molecule has 16 heavy (non-hydrogen) atoms. The maximum atomic E-state index is 11.6. The lowest BCUT2D eigenvalue weighted by Gasteiger charge is -2.02. The summed E-state index contributed by atoms with van der Waals surface area (Å²) in [6, 6.07) is 5.12. The first-order valence-corrected chi connectivity index (χ1v) is 5.25. The number of pyridine rings is 1. The van der Waals surface area contributed by atoms with Crippen LogP contribution in [-0.4, -0.2) is 20.9 Å². The summed E-state index contributed by atoms with van der Waals surface area (Å²) in [5.41, 5.74) is 0.340. The highest BCUT2D eigenvalue weighted by molar-refractivity contribution is 9.10. The quantitative estimate of drug-likeness (QED) is 0.911. The molecule has 80 valence electrons. The molecular weight excluding hydrogens is 272 g/mol. The fourth-order valence-electron chi connectivity index (χ4n) is 1.05. The van der Waals surface area contributed by atoms with Gasteiger partial charge in [0.1, 0.15) is 10.3 Å². The van der Waals surface area contributed by atoms with Gasteiger partial charge in [-0.15, -0.1) is 0 Å². The Morgan fingerprint density at radius 3 is 2.69 bits per heavy atom. The molecule has 2 heterocycles. The van der Waals surface area contributed by atoms with Crippen molar-refractivity contribution in [3.63, 3.8) is 0 Å². The number of hydrogen-bond donors (Lipinski definition) is 1. The van der Waals surface area contributed by atoms with Crippen LogP contribution in [0.3, 0.4) is 0 Å². The fraction of sp³-hybridized carbons (Fsp3) is 0. The van der Waals surface area contributed by atoms with Crippen LogP contribution in [0.15, 0.2) is 41.4 Å². The van der Waals surface area contributed by atoms with E-state index < -0.39 is 0 Å². The summed E-state index contributed by atoms with van der Waals surface area (Å²) < 4.78 is 0.614. The lowest BCUT2D eigenvalue weighted by molar-refractivity contribution is 0.102. The van der Waals surface area contributed by atoms with E-state index in [2.05, 4.69) is 36.2 Å². The van der Waals surface area contributed by atoms with Crippen LogP contribution < -0.4 is 5.32 Å². The highest BCUT2D eigenvalue weighted by Gasteiger charge is 2.07. The summed E-state index contributed by atoms with van der Waals surface area (Å²) in [6.07, 6.45) is 4.53. The van der Waals surface area contributed by atoms with E-state index >= 15 is 0 Å². The Kier molecular flexibility index (Phi) is 3.21. The van der Waals surface area contributed by atoms with Crippen molar-refractivity contribution < 1.29 is 4.79 Å². The topological polar surface area (TPSA) is 67.8 Å². The van der Waals surface area contributed by atoms with Gasteiger partial charge in [-0.1, -0.05) is 6.07 Å². The molecule has 0 unspecified atom stereocenters. The summed E-state index contributed by atoms with van der Waals surface area (Å²) in [6.45, 7) is 0. The Hall–Kier alpha value is -1.82. The Labute approximate surface area is 100 Å². The molecule has 6 heteroatoms. The maximum Gasteiger partial charge on any atom is 0.275 e. The largest absolute Gasteiger partial charge is 0.304 e. The predicted molar refractivity (Wildman–Crippen MR) is 61.9 cm³/mol. The van der Waals surface area contributed by atoms with E-state index in [-0.39, 0.29) is 5.91 Å². The molecule has 5 nitrogen and oxygen atoms in total. The summed E-state index contributed by atoms with van der Waals surface area (Å²) in [5.74, 6) is 0.0797. The van der Waals surface area contributed by atoms with Crippen molar-refractivity contribution in [3.8, 4) is 0 Å². The van der Waals surface area contributed by atoms with Crippen molar-refractivity contribution in [2.75, 3.05) is 5.32 Å². The minimum Gasteiger partial charge on any atom is -0.304 e. The average molecular weight is 279 g/mol. The minimum atomic E-state index is -0.308. The Morgan fingerprint density at radius 1 is 1.19 bits per heavy atom. The SMILES string of the molecule is O=C(Nc1cnc(Br)cn1)c1ccccn1. The number of halogens is 1. The molecule has 1 amide bonds. The molecule has 2 aromatic heterocycles. The van der Waals surface area contributed by atoms with Crippen molar-refractivity contribution >= 4 is 27.7 Å². The number of nitrogens with one attached hydrogen (secondary N) is 1. The highest BCUT2D eigenvalue weighted by atomic mass is 79.9. The van der Waals surface area contributed by atoms with E-state index in [0.29, 0.717) is 16.1 Å². The molecular formula is C10H7BrN4O. The lowest BCUT2D eigenvalue weighted by Crippen LogP contribution is -2.14. The molecule has 0 aromatic carbocycles. The maximum absolute atomic E-state index is 11.6. The minimum absolute atomic E-state index is 0.308. The zero-order chi connectivity index (χ0) is 11.4. The summed E-state index contributed by atoms with van der Waals surface area (Å²) >= 11 is 3.16. The van der Waals surface area contributed by atoms with E-state index in [0.717, 1.165) is 0 Å². The van der Waals surface area contributed by atoms with Crippen molar-refractivity contribution in [1.29, 1.82) is 0 Å². The van der Waals surface area contributed by atoms with E-state index in [1.807, 2.05) is 0 Å². The van der Waals surface area contributed by atoms with Crippen molar-refractivity contribution in [2.24, 2.45) is 0 Å². The summed E-state index contributed by atoms with van der Waals surface area (Å²) in [5, 5.41) is 2.59. The van der Waals surface area contributed by atoms with E-state index in [9.17, 15) is 4.79 Å². The molecule has 0 aliphatic carbocycles. The zero-order valence-electron chi connectivity index (χ0n) is 8.09. The van der Waals surface area contributed by atoms with E-state index in [1.165, 1.54) is 12.4 Å². The molecule has 2 aromatic rings. The van der Waals surface area contributed by atoms with Gasteiger partial charge in [0.2, 0.25) is 0 Å². The van der Waals surface area contributed by atoms with Crippen LogP contribution in [0, 0.1) is 0 Å². The fourth-order valence-corrected chi connectivity index (χ4v) is 1.26. The van der Waals surface area contributed by atoms with Gasteiger partial charge in [-0.3, -0.25) is 9.78 Å². The number of anilines is 1. The molecule has 2 rings (SSSR count). The van der Waals surface area contributed by atoms with Crippen LogP contribution in [0.1, 0.15) is 10.5 Å². The van der Waals surface area contributed by atoms with Crippen LogP contribution in [0.25, 0.3) is 0 Å². The number of nitrogens with zero attached hydrogens (tertiary/aromatic N) is 3. The second-order valence-corrected chi connectivity index (χ2v) is 3.71. The first kappa shape index (κ1) is 10.7. The van der Waals surface area contributed by atoms with Crippen LogP contribution in [0.5, 0.6) is 0 Å². The number of carbonyl (C=O) groups excluding carboxylic acids is 1. The van der Waals surface area contributed by atoms with Gasteiger partial charge >= 0.3 is 0 Å². The number of amides is 1. The number of carbonyl (C=O) groups is 1. The number of rotatable bonds is 2. The molecule has 0 aliphatic rings. The van der Waals surface area contributed by atoms with Gasteiger partial charge in [-0.05, 0) is 28.1 Å². The third kappa shape index (κ3) is 2.60. The molecule has 1 N–H and O–H groups in total. The van der Waals surface area contributed by atoms with Crippen molar-refractivity contribution in [1.82, 2.24) is 15.0 Å². The van der Waals surface area contributed by atoms with Gasteiger partial charge in [0.25, 0.3) is 5.91 Å². The van der Waals surface area contributed by atoms with Crippen molar-refractivity contribution in [3.05, 3.63) is 47.1 Å². The Balaban J connectivity index is 2.11. The molecule has 0 radical (unpaired) electrons. The Bertz CT molecular complexity index is 486. The van der Waals surface area contributed by atoms with Crippen LogP contribution in [0.2, 0.25) is 0 Å². The molecule has 0 saturated heterocycles. The Morgan fingerprint density at radius 2 is 2.06 bits per heavy atom. The van der Waals surface area contributed by atoms with Gasteiger partial charge < -0.3 is 5.32 Å². The monoisotopic (exact) mass is 278 g/mol. The third-order valence-electron chi connectivity index (χ3n) is 1.76. The molecule has 0 bridgehead atoms. The van der Waals surface area contributed by atoms with Crippen molar-refractivity contribution in [2.45, 2.75) is 0 Å². The first-order chi connectivity index (χ1) is 7.75. The normalized spacial score (nSPS) is 9.81. The molecule has 0 aliphatic heterocycles. The molecule has 0 atom stereocenters. The lowest BCUT2D eigenvalue weighted by atomic mass is 10.3. The van der Waals surface area contributed by atoms with Gasteiger partial charge in [0, 0.05) is 6.20 Å². The van der Waals surface area contributed by atoms with E-state index in [4.69, 9.17) is 0 Å².